The second kappa shape index (κ2) is 7.86. The highest BCUT2D eigenvalue weighted by molar-refractivity contribution is 6.13. The summed E-state index contributed by atoms with van der Waals surface area (Å²) in [5, 5.41) is 5.52. The van der Waals surface area contributed by atoms with Gasteiger partial charge in [0.15, 0.2) is 0 Å². The minimum Gasteiger partial charge on any atom is -0.351 e. The van der Waals surface area contributed by atoms with Crippen LogP contribution in [0.5, 0.6) is 0 Å². The molecular weight excluding hydrogens is 332 g/mol. The summed E-state index contributed by atoms with van der Waals surface area (Å²) in [5.41, 5.74) is 6.99. The van der Waals surface area contributed by atoms with Gasteiger partial charge < -0.3 is 16.4 Å². The van der Waals surface area contributed by atoms with E-state index >= 15 is 0 Å². The molecular formula is C19H26N4O3. The average Bonchev–Trinajstić information content (AvgIpc) is 2.67. The van der Waals surface area contributed by atoms with Crippen LogP contribution in [0.3, 0.4) is 0 Å². The Morgan fingerprint density at radius 2 is 2.00 bits per heavy atom. The van der Waals surface area contributed by atoms with Crippen molar-refractivity contribution >= 4 is 29.1 Å². The van der Waals surface area contributed by atoms with Crippen molar-refractivity contribution in [2.75, 3.05) is 23.3 Å². The Hall–Kier alpha value is -2.41. The van der Waals surface area contributed by atoms with Gasteiger partial charge in [-0.2, -0.15) is 0 Å². The number of benzene rings is 1. The number of carbonyl (C=O) groups excluding carboxylic acids is 3. The Morgan fingerprint density at radius 3 is 2.69 bits per heavy atom. The topological polar surface area (TPSA) is 105 Å². The number of nitrogens with two attached hydrogens (primary N) is 1. The molecule has 140 valence electrons. The fourth-order valence-corrected chi connectivity index (χ4v) is 3.69. The molecule has 3 rings (SSSR count). The summed E-state index contributed by atoms with van der Waals surface area (Å²) >= 11 is 0. The summed E-state index contributed by atoms with van der Waals surface area (Å²) < 4.78 is 0. The van der Waals surface area contributed by atoms with Crippen LogP contribution in [0.15, 0.2) is 18.2 Å². The van der Waals surface area contributed by atoms with E-state index in [9.17, 15) is 14.4 Å². The maximum atomic E-state index is 13.1. The van der Waals surface area contributed by atoms with Gasteiger partial charge >= 0.3 is 0 Å². The second-order valence-electron chi connectivity index (χ2n) is 6.98. The van der Waals surface area contributed by atoms with Gasteiger partial charge in [-0.25, -0.2) is 0 Å². The van der Waals surface area contributed by atoms with E-state index in [-0.39, 0.29) is 23.6 Å². The average molecular weight is 358 g/mol. The molecule has 0 aromatic heterocycles. The molecule has 1 unspecified atom stereocenters. The van der Waals surface area contributed by atoms with E-state index in [1.54, 1.807) is 30.0 Å². The molecule has 1 aliphatic carbocycles. The van der Waals surface area contributed by atoms with Crippen LogP contribution >= 0.6 is 0 Å². The number of rotatable bonds is 4. The van der Waals surface area contributed by atoms with E-state index < -0.39 is 6.04 Å². The van der Waals surface area contributed by atoms with Crippen molar-refractivity contribution < 1.29 is 14.4 Å². The van der Waals surface area contributed by atoms with Crippen molar-refractivity contribution in [3.8, 4) is 0 Å². The standard InChI is InChI=1S/C19H26N4O3/c1-12-17(24)22-15-11-14(18(25)21-10-9-20)7-8-16(15)23(12)19(26)13-5-3-2-4-6-13/h7-8,11-13H,2-6,9-10,20H2,1H3,(H,21,25)(H,22,24). The molecule has 7 nitrogen and oxygen atoms in total. The molecule has 3 amide bonds. The lowest BCUT2D eigenvalue weighted by Gasteiger charge is -2.37. The van der Waals surface area contributed by atoms with E-state index in [2.05, 4.69) is 10.6 Å². The molecule has 7 heteroatoms. The first-order valence-corrected chi connectivity index (χ1v) is 9.29. The van der Waals surface area contributed by atoms with Crippen molar-refractivity contribution in [3.05, 3.63) is 23.8 Å². The zero-order valence-corrected chi connectivity index (χ0v) is 15.1. The van der Waals surface area contributed by atoms with Crippen molar-refractivity contribution in [2.45, 2.75) is 45.1 Å². The third kappa shape index (κ3) is 3.58. The molecule has 1 fully saturated rings. The smallest absolute Gasteiger partial charge is 0.251 e. The minimum atomic E-state index is -0.561. The first-order valence-electron chi connectivity index (χ1n) is 9.29. The summed E-state index contributed by atoms with van der Waals surface area (Å²) in [6, 6.07) is 4.47. The van der Waals surface area contributed by atoms with Crippen molar-refractivity contribution in [2.24, 2.45) is 11.7 Å². The fourth-order valence-electron chi connectivity index (χ4n) is 3.69. The van der Waals surface area contributed by atoms with E-state index in [1.165, 1.54) is 0 Å². The SMILES string of the molecule is CC1C(=O)Nc2cc(C(=O)NCCN)ccc2N1C(=O)C1CCCCC1. The number of carbonyl (C=O) groups is 3. The molecule has 0 radical (unpaired) electrons. The van der Waals surface area contributed by atoms with Gasteiger partial charge in [0.1, 0.15) is 6.04 Å². The van der Waals surface area contributed by atoms with Crippen molar-refractivity contribution in [1.29, 1.82) is 0 Å². The minimum absolute atomic E-state index is 0.00799. The van der Waals surface area contributed by atoms with Gasteiger partial charge in [-0.15, -0.1) is 0 Å². The van der Waals surface area contributed by atoms with Crippen LogP contribution in [-0.2, 0) is 9.59 Å². The lowest BCUT2D eigenvalue weighted by Crippen LogP contribution is -2.51. The number of hydrogen-bond donors (Lipinski definition) is 3. The van der Waals surface area contributed by atoms with Crippen LogP contribution < -0.4 is 21.3 Å². The Bertz CT molecular complexity index is 713. The summed E-state index contributed by atoms with van der Waals surface area (Å²) in [6.07, 6.45) is 5.02. The number of nitrogens with one attached hydrogen (secondary N) is 2. The summed E-state index contributed by atoms with van der Waals surface area (Å²) in [6.45, 7) is 2.47. The predicted molar refractivity (Wildman–Crippen MR) is 100.0 cm³/mol. The van der Waals surface area contributed by atoms with E-state index in [1.807, 2.05) is 0 Å². The summed E-state index contributed by atoms with van der Waals surface area (Å²) in [4.78, 5) is 39.2. The highest BCUT2D eigenvalue weighted by Crippen LogP contribution is 2.36. The first-order chi connectivity index (χ1) is 12.5. The maximum Gasteiger partial charge on any atom is 0.251 e. The van der Waals surface area contributed by atoms with Crippen LogP contribution in [-0.4, -0.2) is 36.9 Å². The summed E-state index contributed by atoms with van der Waals surface area (Å²) in [7, 11) is 0. The lowest BCUT2D eigenvalue weighted by molar-refractivity contribution is -0.126. The molecule has 1 aromatic rings. The molecule has 2 aliphatic rings. The fraction of sp³-hybridized carbons (Fsp3) is 0.526. The van der Waals surface area contributed by atoms with Crippen LogP contribution in [0.25, 0.3) is 0 Å². The number of nitrogens with zero attached hydrogens (tertiary/aromatic N) is 1. The van der Waals surface area contributed by atoms with Gasteiger partial charge in [0.2, 0.25) is 11.8 Å². The van der Waals surface area contributed by atoms with Crippen molar-refractivity contribution in [3.63, 3.8) is 0 Å². The first kappa shape index (κ1) is 18.4. The predicted octanol–water partition coefficient (Wildman–Crippen LogP) is 1.63. The Balaban J connectivity index is 1.89. The third-order valence-electron chi connectivity index (χ3n) is 5.16. The van der Waals surface area contributed by atoms with Gasteiger partial charge in [0, 0.05) is 24.6 Å². The number of fused-ring (bicyclic) bond motifs is 1. The normalized spacial score (nSPS) is 20.3. The van der Waals surface area contributed by atoms with E-state index in [0.717, 1.165) is 32.1 Å². The highest BCUT2D eigenvalue weighted by Gasteiger charge is 2.37. The monoisotopic (exact) mass is 358 g/mol. The maximum absolute atomic E-state index is 13.1. The molecule has 1 saturated carbocycles. The molecule has 26 heavy (non-hydrogen) atoms. The molecule has 1 aliphatic heterocycles. The second-order valence-corrected chi connectivity index (χ2v) is 6.98. The van der Waals surface area contributed by atoms with Gasteiger partial charge in [0.05, 0.1) is 11.4 Å². The Morgan fingerprint density at radius 1 is 1.27 bits per heavy atom. The molecule has 1 heterocycles. The largest absolute Gasteiger partial charge is 0.351 e. The van der Waals surface area contributed by atoms with Crippen LogP contribution in [0.2, 0.25) is 0 Å². The molecule has 0 bridgehead atoms. The zero-order chi connectivity index (χ0) is 18.7. The molecule has 1 aromatic carbocycles. The number of anilines is 2. The Kier molecular flexibility index (Phi) is 5.56. The molecule has 4 N–H and O–H groups in total. The van der Waals surface area contributed by atoms with Crippen molar-refractivity contribution in [1.82, 2.24) is 5.32 Å². The van der Waals surface area contributed by atoms with Gasteiger partial charge in [-0.05, 0) is 38.0 Å². The zero-order valence-electron chi connectivity index (χ0n) is 15.1. The molecule has 1 atom stereocenters. The summed E-state index contributed by atoms with van der Waals surface area (Å²) in [5.74, 6) is -0.511. The number of amides is 3. The highest BCUT2D eigenvalue weighted by atomic mass is 16.2. The van der Waals surface area contributed by atoms with Crippen LogP contribution in [0.1, 0.15) is 49.4 Å². The number of hydrogen-bond acceptors (Lipinski definition) is 4. The quantitative estimate of drug-likeness (QED) is 0.761. The van der Waals surface area contributed by atoms with E-state index in [0.29, 0.717) is 30.0 Å². The Labute approximate surface area is 153 Å². The van der Waals surface area contributed by atoms with Gasteiger partial charge in [-0.1, -0.05) is 19.3 Å². The third-order valence-corrected chi connectivity index (χ3v) is 5.16. The van der Waals surface area contributed by atoms with Gasteiger partial charge in [-0.3, -0.25) is 19.3 Å². The molecule has 0 spiro atoms. The van der Waals surface area contributed by atoms with Gasteiger partial charge in [0.25, 0.3) is 5.91 Å². The lowest BCUT2D eigenvalue weighted by atomic mass is 9.87. The van der Waals surface area contributed by atoms with Crippen LogP contribution in [0, 0.1) is 5.92 Å². The van der Waals surface area contributed by atoms with Crippen LogP contribution in [0.4, 0.5) is 11.4 Å². The molecule has 0 saturated heterocycles. The van der Waals surface area contributed by atoms with E-state index in [4.69, 9.17) is 5.73 Å².